The number of carbonyl (C=O) groups is 5. The molecule has 41 heavy (non-hydrogen) atoms. The zero-order chi connectivity index (χ0) is 29.4. The van der Waals surface area contributed by atoms with E-state index in [-0.39, 0.29) is 41.7 Å². The Kier molecular flexibility index (Phi) is 6.89. The normalized spacial score (nSPS) is 39.9. The van der Waals surface area contributed by atoms with Gasteiger partial charge in [0.25, 0.3) is 5.92 Å². The third kappa shape index (κ3) is 4.90. The first-order valence-corrected chi connectivity index (χ1v) is 15.2. The van der Waals surface area contributed by atoms with Crippen molar-refractivity contribution in [2.75, 3.05) is 19.8 Å². The molecule has 0 amide bonds. The SMILES string of the molecule is CCC(COC(=O)C12CC3CC(C1)C(=O)C(C3)C2)(COC(=O)C12CC3CC(C1)C(=O)C(C3)C2)C(=O)OCC(C)(F)F. The van der Waals surface area contributed by atoms with Crippen LogP contribution in [0, 0.1) is 51.8 Å². The summed E-state index contributed by atoms with van der Waals surface area (Å²) in [5.41, 5.74) is -3.23. The van der Waals surface area contributed by atoms with Crippen LogP contribution in [-0.4, -0.2) is 55.2 Å². The summed E-state index contributed by atoms with van der Waals surface area (Å²) in [6.45, 7) is 0.178. The van der Waals surface area contributed by atoms with Crippen LogP contribution in [0.15, 0.2) is 0 Å². The maximum Gasteiger partial charge on any atom is 0.319 e. The summed E-state index contributed by atoms with van der Waals surface area (Å²) in [4.78, 5) is 65.6. The monoisotopic (exact) mass is 578 g/mol. The van der Waals surface area contributed by atoms with E-state index in [0.29, 0.717) is 57.3 Å². The molecule has 10 heteroatoms. The Morgan fingerprint density at radius 1 is 0.707 bits per heavy atom. The van der Waals surface area contributed by atoms with Gasteiger partial charge in [0.05, 0.1) is 10.8 Å². The van der Waals surface area contributed by atoms with Crippen LogP contribution in [0.25, 0.3) is 0 Å². The Balaban J connectivity index is 1.17. The van der Waals surface area contributed by atoms with Gasteiger partial charge in [-0.05, 0) is 82.5 Å². The Labute approximate surface area is 238 Å². The van der Waals surface area contributed by atoms with E-state index in [4.69, 9.17) is 14.2 Å². The van der Waals surface area contributed by atoms with Gasteiger partial charge in [0.1, 0.15) is 30.2 Å². The molecular weight excluding hydrogens is 538 g/mol. The van der Waals surface area contributed by atoms with Gasteiger partial charge in [0.2, 0.25) is 0 Å². The number of ether oxygens (including phenoxy) is 3. The van der Waals surface area contributed by atoms with E-state index in [2.05, 4.69) is 0 Å². The van der Waals surface area contributed by atoms with Gasteiger partial charge in [-0.25, -0.2) is 8.78 Å². The highest BCUT2D eigenvalue weighted by atomic mass is 19.3. The molecule has 0 aromatic heterocycles. The summed E-state index contributed by atoms with van der Waals surface area (Å²) >= 11 is 0. The van der Waals surface area contributed by atoms with Gasteiger partial charge in [-0.2, -0.15) is 0 Å². The van der Waals surface area contributed by atoms with Gasteiger partial charge in [0.15, 0.2) is 6.61 Å². The summed E-state index contributed by atoms with van der Waals surface area (Å²) in [6, 6.07) is 0. The Bertz CT molecular complexity index is 1050. The minimum atomic E-state index is -3.26. The fourth-order valence-corrected chi connectivity index (χ4v) is 9.56. The van der Waals surface area contributed by atoms with E-state index >= 15 is 0 Å². The molecule has 8 saturated carbocycles. The molecule has 8 aliphatic carbocycles. The molecule has 8 nitrogen and oxygen atoms in total. The summed E-state index contributed by atoms with van der Waals surface area (Å²) < 4.78 is 43.8. The number of hydrogen-bond donors (Lipinski definition) is 0. The van der Waals surface area contributed by atoms with Gasteiger partial charge < -0.3 is 14.2 Å². The van der Waals surface area contributed by atoms with Crippen LogP contribution in [0.1, 0.15) is 84.5 Å². The molecule has 0 heterocycles. The van der Waals surface area contributed by atoms with Crippen LogP contribution in [0.2, 0.25) is 0 Å². The average Bonchev–Trinajstić information content (AvgIpc) is 2.91. The highest BCUT2D eigenvalue weighted by Crippen LogP contribution is 2.60. The first-order valence-electron chi connectivity index (χ1n) is 15.2. The average molecular weight is 579 g/mol. The number of hydrogen-bond acceptors (Lipinski definition) is 8. The smallest absolute Gasteiger partial charge is 0.319 e. The molecule has 0 aromatic rings. The van der Waals surface area contributed by atoms with Gasteiger partial charge in [-0.15, -0.1) is 0 Å². The molecule has 8 rings (SSSR count). The lowest BCUT2D eigenvalue weighted by molar-refractivity contribution is -0.191. The van der Waals surface area contributed by atoms with Crippen LogP contribution in [-0.2, 0) is 38.2 Å². The topological polar surface area (TPSA) is 113 Å². The van der Waals surface area contributed by atoms with Crippen molar-refractivity contribution in [1.29, 1.82) is 0 Å². The van der Waals surface area contributed by atoms with Crippen LogP contribution in [0.3, 0.4) is 0 Å². The molecule has 4 unspecified atom stereocenters. The molecule has 8 aliphatic rings. The minimum Gasteiger partial charge on any atom is -0.464 e. The van der Waals surface area contributed by atoms with Gasteiger partial charge in [0, 0.05) is 30.6 Å². The largest absolute Gasteiger partial charge is 0.464 e. The fourth-order valence-electron chi connectivity index (χ4n) is 9.56. The van der Waals surface area contributed by atoms with Gasteiger partial charge in [-0.1, -0.05) is 6.92 Å². The fraction of sp³-hybridized carbons (Fsp3) is 0.839. The predicted octanol–water partition coefficient (Wildman–Crippen LogP) is 4.46. The molecule has 226 valence electrons. The second-order valence-electron chi connectivity index (χ2n) is 14.5. The van der Waals surface area contributed by atoms with Crippen molar-refractivity contribution in [2.24, 2.45) is 51.8 Å². The van der Waals surface area contributed by atoms with E-state index < -0.39 is 59.9 Å². The molecule has 0 saturated heterocycles. The minimum absolute atomic E-state index is 0.0282. The van der Waals surface area contributed by atoms with Crippen molar-refractivity contribution in [2.45, 2.75) is 90.4 Å². The third-order valence-electron chi connectivity index (χ3n) is 11.4. The molecule has 4 atom stereocenters. The summed E-state index contributed by atoms with van der Waals surface area (Å²) in [5.74, 6) is -4.78. The zero-order valence-corrected chi connectivity index (χ0v) is 23.9. The van der Waals surface area contributed by atoms with Crippen LogP contribution in [0.4, 0.5) is 8.78 Å². The number of carbonyl (C=O) groups excluding carboxylic acids is 5. The van der Waals surface area contributed by atoms with E-state index in [1.807, 2.05) is 0 Å². The van der Waals surface area contributed by atoms with E-state index in [0.717, 1.165) is 25.7 Å². The quantitative estimate of drug-likeness (QED) is 0.276. The molecule has 0 radical (unpaired) electrons. The molecular formula is C31H40F2O8. The molecule has 0 N–H and O–H groups in total. The van der Waals surface area contributed by atoms with Crippen molar-refractivity contribution < 1.29 is 47.0 Å². The Morgan fingerprint density at radius 2 is 1.10 bits per heavy atom. The lowest BCUT2D eigenvalue weighted by atomic mass is 9.49. The van der Waals surface area contributed by atoms with E-state index in [1.165, 1.54) is 0 Å². The lowest BCUT2D eigenvalue weighted by Gasteiger charge is -2.54. The second kappa shape index (κ2) is 9.83. The summed E-state index contributed by atoms with van der Waals surface area (Å²) in [7, 11) is 0. The molecule has 8 fully saturated rings. The second-order valence-corrected chi connectivity index (χ2v) is 14.5. The maximum absolute atomic E-state index is 13.6. The Morgan fingerprint density at radius 3 is 1.44 bits per heavy atom. The number of alkyl halides is 2. The number of Topliss-reactive ketones (excluding diaryl/α,β-unsaturated/α-hetero) is 2. The first-order chi connectivity index (χ1) is 19.3. The molecule has 0 aromatic carbocycles. The number of ketones is 2. The van der Waals surface area contributed by atoms with Crippen molar-refractivity contribution in [3.63, 3.8) is 0 Å². The number of rotatable bonds is 10. The molecule has 0 spiro atoms. The number of halogens is 2. The summed E-state index contributed by atoms with van der Waals surface area (Å²) in [6.07, 6.45) is 6.23. The van der Waals surface area contributed by atoms with Gasteiger partial charge in [-0.3, -0.25) is 24.0 Å². The molecule has 8 bridgehead atoms. The third-order valence-corrected chi connectivity index (χ3v) is 11.4. The van der Waals surface area contributed by atoms with Crippen LogP contribution < -0.4 is 0 Å². The standard InChI is InChI=1S/C31H40F2O8/c1-3-29(25(36)39-14-28(2,32)33,15-40-26(37)30-8-17-4-19(10-30)23(34)20(5-17)11-30)16-41-27(38)31-9-18-6-21(12-31)24(35)22(7-18)13-31/h17-22H,3-16H2,1-2H3. The Hall–Kier alpha value is -2.39. The number of esters is 3. The van der Waals surface area contributed by atoms with Crippen molar-refractivity contribution in [1.82, 2.24) is 0 Å². The molecule has 0 aliphatic heterocycles. The van der Waals surface area contributed by atoms with Gasteiger partial charge >= 0.3 is 17.9 Å². The van der Waals surface area contributed by atoms with E-state index in [1.54, 1.807) is 6.92 Å². The highest BCUT2D eigenvalue weighted by molar-refractivity contribution is 5.91. The van der Waals surface area contributed by atoms with Crippen molar-refractivity contribution in [3.05, 3.63) is 0 Å². The first kappa shape index (κ1) is 28.7. The summed E-state index contributed by atoms with van der Waals surface area (Å²) in [5, 5.41) is 0. The van der Waals surface area contributed by atoms with E-state index in [9.17, 15) is 32.8 Å². The predicted molar refractivity (Wildman–Crippen MR) is 138 cm³/mol. The highest BCUT2D eigenvalue weighted by Gasteiger charge is 2.61. The lowest BCUT2D eigenvalue weighted by Crippen LogP contribution is -2.56. The zero-order valence-electron chi connectivity index (χ0n) is 23.9. The van der Waals surface area contributed by atoms with Crippen LogP contribution in [0.5, 0.6) is 0 Å². The van der Waals surface area contributed by atoms with Crippen molar-refractivity contribution in [3.8, 4) is 0 Å². The maximum atomic E-state index is 13.6. The van der Waals surface area contributed by atoms with Crippen molar-refractivity contribution >= 4 is 29.5 Å². The van der Waals surface area contributed by atoms with Crippen LogP contribution >= 0.6 is 0 Å².